The number of fused-ring (bicyclic) bond motifs is 2. The third-order valence-electron chi connectivity index (χ3n) is 4.68. The molecule has 1 aliphatic carbocycles. The number of hydrogen-bond acceptors (Lipinski definition) is 4. The van der Waals surface area contributed by atoms with Crippen molar-refractivity contribution in [3.8, 4) is 11.8 Å². The lowest BCUT2D eigenvalue weighted by atomic mass is 10.1. The van der Waals surface area contributed by atoms with Crippen LogP contribution in [-0.2, 0) is 0 Å². The summed E-state index contributed by atoms with van der Waals surface area (Å²) in [7, 11) is 0. The van der Waals surface area contributed by atoms with Gasteiger partial charge in [0.1, 0.15) is 5.39 Å². The van der Waals surface area contributed by atoms with E-state index in [-0.39, 0.29) is 16.9 Å². The molecule has 4 heterocycles. The molecule has 0 saturated heterocycles. The molecule has 5 nitrogen and oxygen atoms in total. The maximum Gasteiger partial charge on any atom is 0.271 e. The average Bonchev–Trinajstić information content (AvgIpc) is 3.44. The molecule has 0 bridgehead atoms. The average molecular weight is 377 g/mol. The highest BCUT2D eigenvalue weighted by molar-refractivity contribution is 7.13. The van der Waals surface area contributed by atoms with Crippen LogP contribution in [-0.4, -0.2) is 13.8 Å². The van der Waals surface area contributed by atoms with Crippen molar-refractivity contribution in [1.82, 2.24) is 13.8 Å². The molecule has 0 spiro atoms. The minimum Gasteiger partial charge on any atom is -0.280 e. The summed E-state index contributed by atoms with van der Waals surface area (Å²) in [6.07, 6.45) is 6.36. The van der Waals surface area contributed by atoms with Gasteiger partial charge in [0.25, 0.3) is 11.1 Å². The molecule has 132 valence electrons. The van der Waals surface area contributed by atoms with Crippen molar-refractivity contribution < 1.29 is 4.39 Å². The van der Waals surface area contributed by atoms with Crippen LogP contribution in [0.15, 0.2) is 46.4 Å². The molecule has 0 aliphatic heterocycles. The maximum absolute atomic E-state index is 14.6. The first-order valence-corrected chi connectivity index (χ1v) is 9.26. The van der Waals surface area contributed by atoms with E-state index in [2.05, 4.69) is 21.2 Å². The van der Waals surface area contributed by atoms with Gasteiger partial charge in [-0.3, -0.25) is 23.3 Å². The van der Waals surface area contributed by atoms with Gasteiger partial charge in [-0.05, 0) is 42.5 Å². The fourth-order valence-electron chi connectivity index (χ4n) is 3.26. The molecule has 1 fully saturated rings. The summed E-state index contributed by atoms with van der Waals surface area (Å²) in [4.78, 5) is 28.8. The summed E-state index contributed by atoms with van der Waals surface area (Å²) >= 11 is 1.17. The van der Waals surface area contributed by atoms with E-state index in [9.17, 15) is 14.0 Å². The molecule has 0 aromatic carbocycles. The second-order valence-corrected chi connectivity index (χ2v) is 7.33. The molecule has 4 aromatic rings. The summed E-state index contributed by atoms with van der Waals surface area (Å²) in [6.45, 7) is 0. The van der Waals surface area contributed by atoms with Crippen LogP contribution in [0, 0.1) is 17.7 Å². The zero-order chi connectivity index (χ0) is 18.5. The summed E-state index contributed by atoms with van der Waals surface area (Å²) < 4.78 is 19.2. The number of hydrogen-bond donors (Lipinski definition) is 1. The van der Waals surface area contributed by atoms with E-state index >= 15 is 0 Å². The van der Waals surface area contributed by atoms with Gasteiger partial charge in [0.05, 0.1) is 15.8 Å². The maximum atomic E-state index is 14.6. The van der Waals surface area contributed by atoms with E-state index < -0.39 is 16.9 Å². The molecule has 0 unspecified atom stereocenters. The molecule has 1 aliphatic rings. The molecule has 1 saturated carbocycles. The van der Waals surface area contributed by atoms with Crippen molar-refractivity contribution in [1.29, 1.82) is 0 Å². The van der Waals surface area contributed by atoms with Crippen molar-refractivity contribution >= 4 is 27.1 Å². The van der Waals surface area contributed by atoms with E-state index in [1.165, 1.54) is 15.9 Å². The molecule has 1 N–H and O–H groups in total. The van der Waals surface area contributed by atoms with Crippen LogP contribution in [0.2, 0.25) is 0 Å². The zero-order valence-electron chi connectivity index (χ0n) is 14.0. The van der Waals surface area contributed by atoms with Gasteiger partial charge in [-0.2, -0.15) is 0 Å². The monoisotopic (exact) mass is 377 g/mol. The Morgan fingerprint density at radius 1 is 1.30 bits per heavy atom. The van der Waals surface area contributed by atoms with E-state index in [0.717, 1.165) is 24.6 Å². The van der Waals surface area contributed by atoms with Crippen molar-refractivity contribution in [2.24, 2.45) is 0 Å². The normalized spacial score (nSPS) is 13.7. The minimum absolute atomic E-state index is 0.105. The van der Waals surface area contributed by atoms with Crippen molar-refractivity contribution in [2.75, 3.05) is 0 Å². The molecule has 4 aromatic heterocycles. The van der Waals surface area contributed by atoms with Gasteiger partial charge in [-0.25, -0.2) is 4.39 Å². The Hall–Kier alpha value is -3.24. The first-order valence-electron chi connectivity index (χ1n) is 8.44. The molecule has 0 atom stereocenters. The standard InChI is InChI=1S/C20H12FN3O2S/c21-14-10-24-15(8-13(14)4-3-11-2-1-7-22-9-11)16(12-5-6-12)18-17(20(24)26)19(25)23-27-18/h1-2,7-10,12H,5-6H2,(H,23,25). The zero-order valence-corrected chi connectivity index (χ0v) is 14.8. The van der Waals surface area contributed by atoms with Crippen molar-refractivity contribution in [3.05, 3.63) is 80.0 Å². The van der Waals surface area contributed by atoms with Crippen LogP contribution in [0.25, 0.3) is 15.6 Å². The molecule has 0 amide bonds. The molecule has 5 rings (SSSR count). The van der Waals surface area contributed by atoms with Gasteiger partial charge in [0, 0.05) is 24.2 Å². The fourth-order valence-corrected chi connectivity index (χ4v) is 4.23. The fraction of sp³-hybridized carbons (Fsp3) is 0.150. The van der Waals surface area contributed by atoms with Crippen LogP contribution in [0.4, 0.5) is 4.39 Å². The predicted octanol–water partition coefficient (Wildman–Crippen LogP) is 3.01. The minimum atomic E-state index is -0.603. The Morgan fingerprint density at radius 2 is 2.15 bits per heavy atom. The van der Waals surface area contributed by atoms with Gasteiger partial charge in [0.15, 0.2) is 5.82 Å². The van der Waals surface area contributed by atoms with Crippen LogP contribution in [0.5, 0.6) is 0 Å². The predicted molar refractivity (Wildman–Crippen MR) is 102 cm³/mol. The van der Waals surface area contributed by atoms with Crippen molar-refractivity contribution in [2.45, 2.75) is 18.8 Å². The van der Waals surface area contributed by atoms with Gasteiger partial charge in [-0.1, -0.05) is 23.4 Å². The van der Waals surface area contributed by atoms with E-state index in [0.29, 0.717) is 15.8 Å². The second-order valence-electron chi connectivity index (χ2n) is 6.51. The Bertz CT molecular complexity index is 1390. The number of nitrogens with zero attached hydrogens (tertiary/aromatic N) is 2. The first-order chi connectivity index (χ1) is 13.1. The van der Waals surface area contributed by atoms with E-state index in [1.807, 2.05) is 0 Å². The number of aromatic nitrogens is 3. The highest BCUT2D eigenvalue weighted by atomic mass is 32.1. The Labute approximate surface area is 156 Å². The Kier molecular flexibility index (Phi) is 3.49. The summed E-state index contributed by atoms with van der Waals surface area (Å²) in [6, 6.07) is 5.16. The Morgan fingerprint density at radius 3 is 2.89 bits per heavy atom. The van der Waals surface area contributed by atoms with Gasteiger partial charge in [-0.15, -0.1) is 0 Å². The molecule has 0 radical (unpaired) electrons. The Balaban J connectivity index is 1.82. The molecular formula is C20H12FN3O2S. The van der Waals surface area contributed by atoms with Crippen LogP contribution >= 0.6 is 11.5 Å². The number of aromatic amines is 1. The van der Waals surface area contributed by atoms with Gasteiger partial charge < -0.3 is 0 Å². The third-order valence-corrected chi connectivity index (χ3v) is 5.60. The number of rotatable bonds is 1. The molecule has 7 heteroatoms. The van der Waals surface area contributed by atoms with E-state index in [1.54, 1.807) is 30.6 Å². The topological polar surface area (TPSA) is 67.2 Å². The third kappa shape index (κ3) is 2.57. The van der Waals surface area contributed by atoms with Crippen LogP contribution in [0.1, 0.15) is 35.4 Å². The highest BCUT2D eigenvalue weighted by Crippen LogP contribution is 2.45. The smallest absolute Gasteiger partial charge is 0.271 e. The largest absolute Gasteiger partial charge is 0.280 e. The summed E-state index contributed by atoms with van der Waals surface area (Å²) in [5.41, 5.74) is 1.51. The van der Waals surface area contributed by atoms with Crippen LogP contribution in [0.3, 0.4) is 0 Å². The van der Waals surface area contributed by atoms with Gasteiger partial charge >= 0.3 is 0 Å². The SMILES string of the molecule is O=c1[nH]sc2c(C3CC3)c3cc(C#Cc4cccnc4)c(F)cn3c(=O)c12. The number of nitrogens with one attached hydrogen (secondary N) is 1. The number of H-pyrrole nitrogens is 1. The van der Waals surface area contributed by atoms with E-state index in [4.69, 9.17) is 0 Å². The summed E-state index contributed by atoms with van der Waals surface area (Å²) in [5, 5.41) is 0.105. The van der Waals surface area contributed by atoms with Crippen molar-refractivity contribution in [3.63, 3.8) is 0 Å². The molecular weight excluding hydrogens is 365 g/mol. The lowest BCUT2D eigenvalue weighted by Crippen LogP contribution is -2.20. The lowest BCUT2D eigenvalue weighted by Gasteiger charge is -2.09. The number of halogens is 1. The quantitative estimate of drug-likeness (QED) is 0.519. The van der Waals surface area contributed by atoms with Gasteiger partial charge in [0.2, 0.25) is 0 Å². The summed E-state index contributed by atoms with van der Waals surface area (Å²) in [5.74, 6) is 5.40. The number of pyridine rings is 3. The molecule has 27 heavy (non-hydrogen) atoms. The first kappa shape index (κ1) is 16.0. The highest BCUT2D eigenvalue weighted by Gasteiger charge is 2.30. The second kappa shape index (κ2) is 5.89. The van der Waals surface area contributed by atoms with Crippen LogP contribution < -0.4 is 11.1 Å². The lowest BCUT2D eigenvalue weighted by molar-refractivity contribution is 0.614.